The second kappa shape index (κ2) is 8.22. The van der Waals surface area contributed by atoms with Crippen LogP contribution in [0.25, 0.3) is 11.0 Å². The molecule has 2 heterocycles. The van der Waals surface area contributed by atoms with Gasteiger partial charge in [-0.15, -0.1) is 0 Å². The summed E-state index contributed by atoms with van der Waals surface area (Å²) in [5.74, 6) is -0.169. The van der Waals surface area contributed by atoms with Crippen LogP contribution in [0.1, 0.15) is 44.4 Å². The van der Waals surface area contributed by atoms with Gasteiger partial charge < -0.3 is 19.2 Å². The van der Waals surface area contributed by atoms with Crippen LogP contribution in [0, 0.1) is 13.8 Å². The van der Waals surface area contributed by atoms with Crippen molar-refractivity contribution in [1.82, 2.24) is 4.90 Å². The molecule has 1 aromatic heterocycles. The van der Waals surface area contributed by atoms with Gasteiger partial charge in [-0.3, -0.25) is 9.59 Å². The maximum Gasteiger partial charge on any atom is 0.291 e. The summed E-state index contributed by atoms with van der Waals surface area (Å²) in [5.41, 5.74) is 3.49. The quantitative estimate of drug-likeness (QED) is 0.420. The molecule has 1 atom stereocenters. The number of halogens is 1. The zero-order valence-corrected chi connectivity index (χ0v) is 19.6. The highest BCUT2D eigenvalue weighted by molar-refractivity contribution is 6.31. The number of carbonyl (C=O) groups excluding carboxylic acids is 1. The number of nitrogens with zero attached hydrogens (tertiary/aromatic N) is 1. The molecule has 1 aliphatic heterocycles. The van der Waals surface area contributed by atoms with Crippen molar-refractivity contribution in [2.45, 2.75) is 26.4 Å². The van der Waals surface area contributed by atoms with Crippen molar-refractivity contribution in [2.24, 2.45) is 0 Å². The first-order valence-electron chi connectivity index (χ1n) is 10.8. The molecule has 1 amide bonds. The molecular weight excluding hydrogens is 454 g/mol. The third kappa shape index (κ3) is 3.42. The number of benzene rings is 3. The zero-order chi connectivity index (χ0) is 24.1. The van der Waals surface area contributed by atoms with Gasteiger partial charge in [-0.1, -0.05) is 41.9 Å². The van der Waals surface area contributed by atoms with Crippen molar-refractivity contribution in [3.05, 3.63) is 103 Å². The number of phenols is 1. The van der Waals surface area contributed by atoms with E-state index in [1.165, 1.54) is 13.2 Å². The number of rotatable bonds is 4. The molecule has 7 heteroatoms. The molecule has 0 aliphatic carbocycles. The van der Waals surface area contributed by atoms with Crippen molar-refractivity contribution in [3.63, 3.8) is 0 Å². The van der Waals surface area contributed by atoms with E-state index in [9.17, 15) is 14.7 Å². The van der Waals surface area contributed by atoms with E-state index in [0.29, 0.717) is 21.6 Å². The predicted molar refractivity (Wildman–Crippen MR) is 130 cm³/mol. The number of fused-ring (bicyclic) bond motifs is 2. The summed E-state index contributed by atoms with van der Waals surface area (Å²) < 4.78 is 11.4. The lowest BCUT2D eigenvalue weighted by Gasteiger charge is -2.26. The predicted octanol–water partition coefficient (Wildman–Crippen LogP) is 5.52. The molecule has 5 rings (SSSR count). The maximum atomic E-state index is 13.8. The van der Waals surface area contributed by atoms with Gasteiger partial charge in [0.25, 0.3) is 5.91 Å². The summed E-state index contributed by atoms with van der Waals surface area (Å²) in [6.45, 7) is 3.94. The van der Waals surface area contributed by atoms with E-state index < -0.39 is 11.9 Å². The van der Waals surface area contributed by atoms with Crippen LogP contribution in [0.4, 0.5) is 0 Å². The highest BCUT2D eigenvalue weighted by Gasteiger charge is 2.43. The zero-order valence-electron chi connectivity index (χ0n) is 18.9. The van der Waals surface area contributed by atoms with Gasteiger partial charge in [-0.2, -0.15) is 0 Å². The summed E-state index contributed by atoms with van der Waals surface area (Å²) in [6.07, 6.45) is 0. The second-order valence-electron chi connectivity index (χ2n) is 8.49. The van der Waals surface area contributed by atoms with Gasteiger partial charge in [-0.05, 0) is 60.4 Å². The van der Waals surface area contributed by atoms with Crippen LogP contribution in [-0.4, -0.2) is 23.0 Å². The van der Waals surface area contributed by atoms with Gasteiger partial charge in [0.1, 0.15) is 5.58 Å². The number of carbonyl (C=O) groups is 1. The van der Waals surface area contributed by atoms with E-state index in [4.69, 9.17) is 20.8 Å². The lowest BCUT2D eigenvalue weighted by molar-refractivity contribution is 0.0714. The van der Waals surface area contributed by atoms with Gasteiger partial charge in [0.2, 0.25) is 5.76 Å². The SMILES string of the molecule is COc1cc(C2c3c(oc4c(C)cc(C)cc4c3=O)C(=O)N2Cc2ccccc2Cl)ccc1O. The van der Waals surface area contributed by atoms with Crippen LogP contribution in [0.5, 0.6) is 11.5 Å². The van der Waals surface area contributed by atoms with Crippen LogP contribution >= 0.6 is 11.6 Å². The van der Waals surface area contributed by atoms with Crippen LogP contribution in [0.2, 0.25) is 5.02 Å². The summed E-state index contributed by atoms with van der Waals surface area (Å²) in [6, 6.07) is 15.0. The van der Waals surface area contributed by atoms with E-state index >= 15 is 0 Å². The number of hydrogen-bond acceptors (Lipinski definition) is 5. The molecule has 4 aromatic rings. The van der Waals surface area contributed by atoms with Gasteiger partial charge in [0.05, 0.1) is 24.1 Å². The minimum absolute atomic E-state index is 0.0218. The fraction of sp³-hybridized carbons (Fsp3) is 0.185. The highest BCUT2D eigenvalue weighted by Crippen LogP contribution is 2.42. The molecule has 0 fully saturated rings. The van der Waals surface area contributed by atoms with Crippen LogP contribution in [-0.2, 0) is 6.54 Å². The topological polar surface area (TPSA) is 80.0 Å². The van der Waals surface area contributed by atoms with Gasteiger partial charge in [-0.25, -0.2) is 0 Å². The molecule has 0 saturated carbocycles. The summed E-state index contributed by atoms with van der Waals surface area (Å²) in [7, 11) is 1.45. The lowest BCUT2D eigenvalue weighted by Crippen LogP contribution is -2.29. The number of methoxy groups -OCH3 is 1. The Morgan fingerprint density at radius 3 is 2.59 bits per heavy atom. The largest absolute Gasteiger partial charge is 0.504 e. The van der Waals surface area contributed by atoms with E-state index in [1.54, 1.807) is 29.2 Å². The molecule has 1 unspecified atom stereocenters. The molecule has 0 saturated heterocycles. The Morgan fingerprint density at radius 1 is 1.09 bits per heavy atom. The Kier molecular flexibility index (Phi) is 5.33. The van der Waals surface area contributed by atoms with E-state index in [2.05, 4.69) is 0 Å². The average Bonchev–Trinajstić information content (AvgIpc) is 3.08. The number of ether oxygens (including phenoxy) is 1. The summed E-state index contributed by atoms with van der Waals surface area (Å²) in [4.78, 5) is 29.0. The first kappa shape index (κ1) is 22.0. The fourth-order valence-electron chi connectivity index (χ4n) is 4.66. The van der Waals surface area contributed by atoms with E-state index in [1.807, 2.05) is 38.1 Å². The molecule has 3 aromatic carbocycles. The van der Waals surface area contributed by atoms with Gasteiger partial charge >= 0.3 is 0 Å². The van der Waals surface area contributed by atoms with Gasteiger partial charge in [0.15, 0.2) is 16.9 Å². The van der Waals surface area contributed by atoms with Crippen molar-refractivity contribution >= 4 is 28.5 Å². The van der Waals surface area contributed by atoms with Crippen molar-refractivity contribution < 1.29 is 19.1 Å². The number of aromatic hydroxyl groups is 1. The normalized spacial score (nSPS) is 15.1. The van der Waals surface area contributed by atoms with Crippen molar-refractivity contribution in [2.75, 3.05) is 7.11 Å². The fourth-order valence-corrected chi connectivity index (χ4v) is 4.85. The van der Waals surface area contributed by atoms with E-state index in [0.717, 1.165) is 16.7 Å². The van der Waals surface area contributed by atoms with Crippen LogP contribution < -0.4 is 10.2 Å². The first-order chi connectivity index (χ1) is 16.3. The molecule has 34 heavy (non-hydrogen) atoms. The number of aryl methyl sites for hydroxylation is 2. The molecule has 172 valence electrons. The average molecular weight is 476 g/mol. The Balaban J connectivity index is 1.78. The smallest absolute Gasteiger partial charge is 0.291 e. The van der Waals surface area contributed by atoms with Crippen LogP contribution in [0.3, 0.4) is 0 Å². The van der Waals surface area contributed by atoms with Crippen LogP contribution in [0.15, 0.2) is 63.8 Å². The number of phenolic OH excluding ortho intramolecular Hbond substituents is 1. The summed E-state index contributed by atoms with van der Waals surface area (Å²) in [5, 5.41) is 11.1. The third-order valence-electron chi connectivity index (χ3n) is 6.22. The molecular formula is C27H22ClNO5. The molecule has 1 N–H and O–H groups in total. The lowest BCUT2D eigenvalue weighted by atomic mass is 9.97. The second-order valence-corrected chi connectivity index (χ2v) is 8.90. The number of hydrogen-bond donors (Lipinski definition) is 1. The highest BCUT2D eigenvalue weighted by atomic mass is 35.5. The minimum atomic E-state index is -0.741. The molecule has 6 nitrogen and oxygen atoms in total. The molecule has 0 radical (unpaired) electrons. The van der Waals surface area contributed by atoms with E-state index in [-0.39, 0.29) is 34.8 Å². The monoisotopic (exact) mass is 475 g/mol. The Morgan fingerprint density at radius 2 is 1.85 bits per heavy atom. The van der Waals surface area contributed by atoms with Crippen molar-refractivity contribution in [1.29, 1.82) is 0 Å². The van der Waals surface area contributed by atoms with Gasteiger partial charge in [0, 0.05) is 11.6 Å². The molecule has 1 aliphatic rings. The van der Waals surface area contributed by atoms with Crippen molar-refractivity contribution in [3.8, 4) is 11.5 Å². The first-order valence-corrected chi connectivity index (χ1v) is 11.2. The number of amides is 1. The Hall–Kier alpha value is -3.77. The molecule has 0 bridgehead atoms. The maximum absolute atomic E-state index is 13.8. The Bertz CT molecular complexity index is 1520. The Labute approximate surface area is 201 Å². The standard InChI is InChI=1S/C27H22ClNO5/c1-14-10-15(2)25-18(11-14)24(31)22-23(16-8-9-20(30)21(12-16)33-3)29(27(32)26(22)34-25)13-17-6-4-5-7-19(17)28/h4-12,23,30H,13H2,1-3H3. The molecule has 0 spiro atoms. The minimum Gasteiger partial charge on any atom is -0.504 e. The third-order valence-corrected chi connectivity index (χ3v) is 6.58. The summed E-state index contributed by atoms with van der Waals surface area (Å²) >= 11 is 6.40.